The Balaban J connectivity index is 2.20. The van der Waals surface area contributed by atoms with Crippen LogP contribution in [0, 0.1) is 0 Å². The second-order valence-electron chi connectivity index (χ2n) is 11.0. The van der Waals surface area contributed by atoms with E-state index >= 15 is 0 Å². The fourth-order valence-corrected chi connectivity index (χ4v) is 6.43. The number of alkyl carbamates (subject to hydrolysis) is 1. The van der Waals surface area contributed by atoms with Gasteiger partial charge in [0.05, 0.1) is 0 Å². The summed E-state index contributed by atoms with van der Waals surface area (Å²) >= 11 is 2.35. The summed E-state index contributed by atoms with van der Waals surface area (Å²) in [5.74, 6) is -3.43. The highest BCUT2D eigenvalue weighted by Crippen LogP contribution is 2.35. The van der Waals surface area contributed by atoms with Crippen molar-refractivity contribution in [3.05, 3.63) is 35.9 Å². The number of nitrogens with one attached hydrogen (secondary N) is 1. The normalized spacial score (nSPS) is 21.6. The standard InChI is InChI=1S/C30H41NO13S2/c1-17(32)38-14-23-24(40-18(2)33)25(41-19(3)34)26(42-20(4)35)28(43-23)46-16-45-15-22(31-29(37)44-30(5,6)7)27(36)39-13-21-11-9-8-10-12-21/h8-12,22-26,28H,13-16H2,1-7H3,(H,31,37)/t22-,23+,24+,25-,26+,28-/m0/s1. The Morgan fingerprint density at radius 3 is 1.98 bits per heavy atom. The predicted octanol–water partition coefficient (Wildman–Crippen LogP) is 3.13. The minimum Gasteiger partial charge on any atom is -0.463 e. The van der Waals surface area contributed by atoms with E-state index in [4.69, 9.17) is 33.2 Å². The van der Waals surface area contributed by atoms with Gasteiger partial charge in [-0.05, 0) is 26.3 Å². The summed E-state index contributed by atoms with van der Waals surface area (Å²) in [6, 6.07) is 7.95. The average Bonchev–Trinajstić information content (AvgIpc) is 2.94. The molecule has 0 radical (unpaired) electrons. The highest BCUT2D eigenvalue weighted by atomic mass is 32.2. The first-order valence-electron chi connectivity index (χ1n) is 14.3. The molecule has 0 unspecified atom stereocenters. The number of benzene rings is 1. The molecule has 0 aliphatic carbocycles. The molecule has 1 aliphatic heterocycles. The Bertz CT molecular complexity index is 1210. The van der Waals surface area contributed by atoms with E-state index in [1.54, 1.807) is 45.0 Å². The van der Waals surface area contributed by atoms with E-state index in [9.17, 15) is 28.8 Å². The van der Waals surface area contributed by atoms with Crippen LogP contribution >= 0.6 is 23.5 Å². The summed E-state index contributed by atoms with van der Waals surface area (Å²) < 4.78 is 38.2. The Hall–Kier alpha value is -3.50. The van der Waals surface area contributed by atoms with Gasteiger partial charge in [0.25, 0.3) is 0 Å². The number of thioether (sulfide) groups is 2. The SMILES string of the molecule is CC(=O)OC[C@H]1O[C@@H](SCSC[C@H](NC(=O)OC(C)(C)C)C(=O)OCc2ccccc2)[C@H](OC(C)=O)[C@@H](OC(C)=O)[C@@H]1OC(C)=O. The Labute approximate surface area is 276 Å². The number of amides is 1. The Kier molecular flexibility index (Phi) is 15.6. The molecule has 1 N–H and O–H groups in total. The van der Waals surface area contributed by atoms with E-state index in [2.05, 4.69) is 5.32 Å². The van der Waals surface area contributed by atoms with Gasteiger partial charge in [-0.3, -0.25) is 19.2 Å². The van der Waals surface area contributed by atoms with Crippen LogP contribution in [0.15, 0.2) is 30.3 Å². The highest BCUT2D eigenvalue weighted by Gasteiger charge is 2.52. The molecule has 1 fully saturated rings. The largest absolute Gasteiger partial charge is 0.463 e. The molecule has 16 heteroatoms. The van der Waals surface area contributed by atoms with Gasteiger partial charge < -0.3 is 38.5 Å². The lowest BCUT2D eigenvalue weighted by molar-refractivity contribution is -0.237. The minimum absolute atomic E-state index is 0.00364. The monoisotopic (exact) mass is 687 g/mol. The van der Waals surface area contributed by atoms with E-state index in [-0.39, 0.29) is 24.1 Å². The van der Waals surface area contributed by atoms with Crippen LogP contribution < -0.4 is 5.32 Å². The molecule has 256 valence electrons. The van der Waals surface area contributed by atoms with Gasteiger partial charge in [0.2, 0.25) is 0 Å². The average molecular weight is 688 g/mol. The van der Waals surface area contributed by atoms with E-state index in [1.165, 1.54) is 18.7 Å². The van der Waals surface area contributed by atoms with Gasteiger partial charge in [-0.1, -0.05) is 30.3 Å². The number of hydrogen-bond donors (Lipinski definition) is 1. The van der Waals surface area contributed by atoms with Gasteiger partial charge in [0.15, 0.2) is 18.3 Å². The van der Waals surface area contributed by atoms with Gasteiger partial charge in [0, 0.05) is 38.5 Å². The lowest BCUT2D eigenvalue weighted by Crippen LogP contribution is -2.61. The fourth-order valence-electron chi connectivity index (χ4n) is 4.05. The third-order valence-electron chi connectivity index (χ3n) is 5.75. The summed E-state index contributed by atoms with van der Waals surface area (Å²) in [5.41, 5.74) is -1.03. The zero-order valence-corrected chi connectivity index (χ0v) is 28.4. The molecule has 1 amide bonds. The third kappa shape index (κ3) is 14.3. The van der Waals surface area contributed by atoms with Crippen molar-refractivity contribution >= 4 is 59.5 Å². The maximum atomic E-state index is 13.0. The van der Waals surface area contributed by atoms with Crippen LogP contribution in [0.2, 0.25) is 0 Å². The molecule has 14 nitrogen and oxygen atoms in total. The molecule has 2 rings (SSSR count). The summed E-state index contributed by atoms with van der Waals surface area (Å²) in [4.78, 5) is 73.1. The quantitative estimate of drug-likeness (QED) is 0.130. The summed E-state index contributed by atoms with van der Waals surface area (Å²) in [6.07, 6.45) is -5.67. The van der Waals surface area contributed by atoms with Crippen molar-refractivity contribution in [1.29, 1.82) is 0 Å². The summed E-state index contributed by atoms with van der Waals surface area (Å²) in [6.45, 7) is 9.33. The maximum Gasteiger partial charge on any atom is 0.408 e. The van der Waals surface area contributed by atoms with Crippen molar-refractivity contribution in [3.63, 3.8) is 0 Å². The van der Waals surface area contributed by atoms with Crippen molar-refractivity contribution in [2.24, 2.45) is 0 Å². The molecule has 1 aromatic rings. The molecule has 0 saturated carbocycles. The fraction of sp³-hybridized carbons (Fsp3) is 0.600. The smallest absolute Gasteiger partial charge is 0.408 e. The molecular weight excluding hydrogens is 646 g/mol. The van der Waals surface area contributed by atoms with Gasteiger partial charge in [-0.15, -0.1) is 23.5 Å². The molecule has 1 saturated heterocycles. The first-order chi connectivity index (χ1) is 21.6. The van der Waals surface area contributed by atoms with Gasteiger partial charge in [0.1, 0.15) is 36.4 Å². The van der Waals surface area contributed by atoms with E-state index in [1.807, 2.05) is 6.07 Å². The first-order valence-corrected chi connectivity index (χ1v) is 16.5. The Morgan fingerprint density at radius 1 is 0.826 bits per heavy atom. The van der Waals surface area contributed by atoms with Crippen LogP contribution in [0.25, 0.3) is 0 Å². The second-order valence-corrected chi connectivity index (χ2v) is 13.5. The first kappa shape index (κ1) is 38.7. The molecule has 6 atom stereocenters. The van der Waals surface area contributed by atoms with Gasteiger partial charge >= 0.3 is 35.9 Å². The number of ether oxygens (including phenoxy) is 7. The maximum absolute atomic E-state index is 13.0. The van der Waals surface area contributed by atoms with Crippen LogP contribution in [0.5, 0.6) is 0 Å². The molecule has 0 spiro atoms. The molecular formula is C30H41NO13S2. The number of rotatable bonds is 14. The second kappa shape index (κ2) is 18.6. The number of hydrogen-bond acceptors (Lipinski definition) is 15. The molecule has 0 bridgehead atoms. The van der Waals surface area contributed by atoms with E-state index in [0.717, 1.165) is 38.1 Å². The molecule has 1 aromatic carbocycles. The van der Waals surface area contributed by atoms with Crippen LogP contribution in [-0.2, 0) is 63.7 Å². The molecule has 1 aliphatic rings. The molecule has 0 aromatic heterocycles. The zero-order valence-electron chi connectivity index (χ0n) is 26.8. The van der Waals surface area contributed by atoms with Crippen LogP contribution in [0.3, 0.4) is 0 Å². The van der Waals surface area contributed by atoms with E-state index in [0.29, 0.717) is 0 Å². The zero-order chi connectivity index (χ0) is 34.4. The number of carbonyl (C=O) groups excluding carboxylic acids is 6. The van der Waals surface area contributed by atoms with Crippen molar-refractivity contribution in [2.75, 3.05) is 17.4 Å². The van der Waals surface area contributed by atoms with Crippen molar-refractivity contribution < 1.29 is 61.9 Å². The third-order valence-corrected chi connectivity index (χ3v) is 8.24. The van der Waals surface area contributed by atoms with Crippen molar-refractivity contribution in [1.82, 2.24) is 5.32 Å². The molecule has 1 heterocycles. The predicted molar refractivity (Wildman–Crippen MR) is 166 cm³/mol. The van der Waals surface area contributed by atoms with Crippen LogP contribution in [-0.4, -0.2) is 94.9 Å². The molecule has 46 heavy (non-hydrogen) atoms. The number of carbonyl (C=O) groups is 6. The van der Waals surface area contributed by atoms with E-state index < -0.39 is 77.4 Å². The van der Waals surface area contributed by atoms with Crippen molar-refractivity contribution in [3.8, 4) is 0 Å². The minimum atomic E-state index is -1.29. The highest BCUT2D eigenvalue weighted by molar-refractivity contribution is 8.16. The van der Waals surface area contributed by atoms with Crippen molar-refractivity contribution in [2.45, 2.75) is 96.6 Å². The number of esters is 5. The van der Waals surface area contributed by atoms with Gasteiger partial charge in [-0.2, -0.15) is 0 Å². The topological polar surface area (TPSA) is 179 Å². The lowest BCUT2D eigenvalue weighted by Gasteiger charge is -2.44. The summed E-state index contributed by atoms with van der Waals surface area (Å²) in [7, 11) is 0. The van der Waals surface area contributed by atoms with Gasteiger partial charge in [-0.25, -0.2) is 9.59 Å². The van der Waals surface area contributed by atoms with Crippen LogP contribution in [0.4, 0.5) is 4.79 Å². The lowest BCUT2D eigenvalue weighted by atomic mass is 9.99. The Morgan fingerprint density at radius 2 is 1.41 bits per heavy atom. The summed E-state index contributed by atoms with van der Waals surface area (Å²) in [5, 5.41) is 2.76. The van der Waals surface area contributed by atoms with Crippen LogP contribution in [0.1, 0.15) is 54.0 Å².